The van der Waals surface area contributed by atoms with Crippen molar-refractivity contribution < 1.29 is 23.5 Å². The van der Waals surface area contributed by atoms with Crippen LogP contribution in [0.1, 0.15) is 32.1 Å². The molecule has 1 N–H and O–H groups in total. The second-order valence-electron chi connectivity index (χ2n) is 8.55. The lowest BCUT2D eigenvalue weighted by Crippen LogP contribution is -2.43. The van der Waals surface area contributed by atoms with E-state index in [1.807, 2.05) is 4.90 Å². The standard InChI is InChI=1S/C22H28FN3O4/c23-17-1-5-19(6-2-17)30-14-21(28)25-9-7-15(8-10-25)12-26-13-16(11-20(26)27)22(29)24-18-3-4-18/h1-2,5-6,15-16,18H,3-4,7-14H2,(H,24,29). The Bertz CT molecular complexity index is 788. The van der Waals surface area contributed by atoms with E-state index in [0.717, 1.165) is 25.7 Å². The van der Waals surface area contributed by atoms with E-state index in [0.29, 0.717) is 50.3 Å². The number of halogens is 1. The monoisotopic (exact) mass is 417 g/mol. The summed E-state index contributed by atoms with van der Waals surface area (Å²) in [5, 5.41) is 2.99. The predicted octanol–water partition coefficient (Wildman–Crippen LogP) is 1.57. The first-order valence-corrected chi connectivity index (χ1v) is 10.7. The van der Waals surface area contributed by atoms with Gasteiger partial charge in [0.1, 0.15) is 11.6 Å². The normalized spacial score (nSPS) is 22.3. The average molecular weight is 417 g/mol. The number of ether oxygens (including phenoxy) is 1. The van der Waals surface area contributed by atoms with Crippen LogP contribution in [-0.2, 0) is 14.4 Å². The number of likely N-dealkylation sites (tertiary alicyclic amines) is 2. The summed E-state index contributed by atoms with van der Waals surface area (Å²) in [6.07, 6.45) is 4.04. The van der Waals surface area contributed by atoms with Crippen LogP contribution in [0.25, 0.3) is 0 Å². The summed E-state index contributed by atoms with van der Waals surface area (Å²) in [4.78, 5) is 40.5. The highest BCUT2D eigenvalue weighted by molar-refractivity contribution is 5.89. The third kappa shape index (κ3) is 5.29. The van der Waals surface area contributed by atoms with Gasteiger partial charge >= 0.3 is 0 Å². The molecule has 0 spiro atoms. The van der Waals surface area contributed by atoms with E-state index in [9.17, 15) is 18.8 Å². The number of carbonyl (C=O) groups is 3. The van der Waals surface area contributed by atoms with Crippen LogP contribution >= 0.6 is 0 Å². The minimum absolute atomic E-state index is 0.00919. The second-order valence-corrected chi connectivity index (χ2v) is 8.55. The molecular weight excluding hydrogens is 389 g/mol. The van der Waals surface area contributed by atoms with Gasteiger partial charge in [0.25, 0.3) is 5.91 Å². The molecule has 4 rings (SSSR count). The minimum Gasteiger partial charge on any atom is -0.484 e. The van der Waals surface area contributed by atoms with Crippen LogP contribution in [0.4, 0.5) is 4.39 Å². The average Bonchev–Trinajstić information content (AvgIpc) is 3.49. The summed E-state index contributed by atoms with van der Waals surface area (Å²) in [6.45, 7) is 2.34. The number of benzene rings is 1. The van der Waals surface area contributed by atoms with Gasteiger partial charge in [0.15, 0.2) is 6.61 Å². The fraction of sp³-hybridized carbons (Fsp3) is 0.591. The van der Waals surface area contributed by atoms with Gasteiger partial charge < -0.3 is 19.9 Å². The lowest BCUT2D eigenvalue weighted by molar-refractivity contribution is -0.135. The van der Waals surface area contributed by atoms with Crippen LogP contribution in [0.2, 0.25) is 0 Å². The van der Waals surface area contributed by atoms with Crippen LogP contribution in [0.3, 0.4) is 0 Å². The topological polar surface area (TPSA) is 79.0 Å². The van der Waals surface area contributed by atoms with Crippen LogP contribution in [0.15, 0.2) is 24.3 Å². The van der Waals surface area contributed by atoms with E-state index in [-0.39, 0.29) is 36.1 Å². The van der Waals surface area contributed by atoms with E-state index in [2.05, 4.69) is 5.32 Å². The highest BCUT2D eigenvalue weighted by Crippen LogP contribution is 2.26. The number of nitrogens with zero attached hydrogens (tertiary/aromatic N) is 2. The Kier molecular flexibility index (Phi) is 6.20. The summed E-state index contributed by atoms with van der Waals surface area (Å²) in [6, 6.07) is 5.91. The SMILES string of the molecule is O=C(NC1CC1)C1CC(=O)N(CC2CCN(C(=O)COc3ccc(F)cc3)CC2)C1. The van der Waals surface area contributed by atoms with Crippen LogP contribution in [0, 0.1) is 17.7 Å². The van der Waals surface area contributed by atoms with E-state index in [1.165, 1.54) is 24.3 Å². The summed E-state index contributed by atoms with van der Waals surface area (Å²) in [5.74, 6) is 0.193. The maximum Gasteiger partial charge on any atom is 0.260 e. The molecule has 8 heteroatoms. The second kappa shape index (κ2) is 9.02. The molecular formula is C22H28FN3O4. The van der Waals surface area contributed by atoms with Crippen LogP contribution in [-0.4, -0.2) is 66.3 Å². The van der Waals surface area contributed by atoms with Crippen LogP contribution in [0.5, 0.6) is 5.75 Å². The number of rotatable bonds is 7. The molecule has 0 aromatic heterocycles. The van der Waals surface area contributed by atoms with Crippen molar-refractivity contribution in [2.24, 2.45) is 11.8 Å². The Morgan fingerprint density at radius 1 is 1.10 bits per heavy atom. The highest BCUT2D eigenvalue weighted by atomic mass is 19.1. The van der Waals surface area contributed by atoms with Crippen molar-refractivity contribution in [2.75, 3.05) is 32.8 Å². The Morgan fingerprint density at radius 3 is 2.47 bits per heavy atom. The molecule has 1 saturated carbocycles. The lowest BCUT2D eigenvalue weighted by Gasteiger charge is -2.34. The Morgan fingerprint density at radius 2 is 1.80 bits per heavy atom. The molecule has 1 aromatic rings. The van der Waals surface area contributed by atoms with Crippen molar-refractivity contribution in [1.82, 2.24) is 15.1 Å². The number of carbonyl (C=O) groups excluding carboxylic acids is 3. The van der Waals surface area contributed by atoms with Gasteiger partial charge in [-0.1, -0.05) is 0 Å². The van der Waals surface area contributed by atoms with Gasteiger partial charge in [0.05, 0.1) is 5.92 Å². The summed E-state index contributed by atoms with van der Waals surface area (Å²) >= 11 is 0. The highest BCUT2D eigenvalue weighted by Gasteiger charge is 2.37. The van der Waals surface area contributed by atoms with Crippen molar-refractivity contribution >= 4 is 17.7 Å². The molecule has 2 heterocycles. The molecule has 2 aliphatic heterocycles. The van der Waals surface area contributed by atoms with Crippen molar-refractivity contribution in [3.63, 3.8) is 0 Å². The fourth-order valence-corrected chi connectivity index (χ4v) is 4.11. The number of nitrogens with one attached hydrogen (secondary N) is 1. The molecule has 2 saturated heterocycles. The molecule has 162 valence electrons. The molecule has 0 bridgehead atoms. The van der Waals surface area contributed by atoms with Crippen LogP contribution < -0.4 is 10.1 Å². The maximum atomic E-state index is 12.9. The third-order valence-electron chi connectivity index (χ3n) is 6.13. The first-order valence-electron chi connectivity index (χ1n) is 10.7. The number of hydrogen-bond acceptors (Lipinski definition) is 4. The summed E-state index contributed by atoms with van der Waals surface area (Å²) in [5.41, 5.74) is 0. The Labute approximate surface area is 175 Å². The number of piperidine rings is 1. The van der Waals surface area contributed by atoms with Gasteiger partial charge in [-0.05, 0) is 55.9 Å². The van der Waals surface area contributed by atoms with E-state index in [4.69, 9.17) is 4.74 Å². The number of hydrogen-bond donors (Lipinski definition) is 1. The molecule has 30 heavy (non-hydrogen) atoms. The molecule has 1 unspecified atom stereocenters. The molecule has 1 aliphatic carbocycles. The van der Waals surface area contributed by atoms with E-state index in [1.54, 1.807) is 4.90 Å². The first-order chi connectivity index (χ1) is 14.5. The van der Waals surface area contributed by atoms with Crippen molar-refractivity contribution in [2.45, 2.75) is 38.1 Å². The summed E-state index contributed by atoms with van der Waals surface area (Å²) < 4.78 is 18.4. The third-order valence-corrected chi connectivity index (χ3v) is 6.13. The predicted molar refractivity (Wildman–Crippen MR) is 107 cm³/mol. The zero-order valence-electron chi connectivity index (χ0n) is 17.0. The van der Waals surface area contributed by atoms with Gasteiger partial charge in [0, 0.05) is 38.6 Å². The Balaban J connectivity index is 1.18. The van der Waals surface area contributed by atoms with Crippen molar-refractivity contribution in [3.05, 3.63) is 30.1 Å². The molecule has 1 aromatic carbocycles. The lowest BCUT2D eigenvalue weighted by atomic mass is 9.96. The van der Waals surface area contributed by atoms with Crippen molar-refractivity contribution in [3.8, 4) is 5.75 Å². The smallest absolute Gasteiger partial charge is 0.260 e. The van der Waals surface area contributed by atoms with Gasteiger partial charge in [-0.2, -0.15) is 0 Å². The maximum absolute atomic E-state index is 12.9. The molecule has 3 amide bonds. The van der Waals surface area contributed by atoms with E-state index < -0.39 is 0 Å². The molecule has 3 aliphatic rings. The molecule has 3 fully saturated rings. The quantitative estimate of drug-likeness (QED) is 0.731. The van der Waals surface area contributed by atoms with Gasteiger partial charge in [-0.25, -0.2) is 4.39 Å². The molecule has 1 atom stereocenters. The van der Waals surface area contributed by atoms with Gasteiger partial charge in [-0.3, -0.25) is 14.4 Å². The zero-order valence-corrected chi connectivity index (χ0v) is 17.0. The fourth-order valence-electron chi connectivity index (χ4n) is 4.11. The zero-order chi connectivity index (χ0) is 21.1. The molecule has 7 nitrogen and oxygen atoms in total. The minimum atomic E-state index is -0.345. The van der Waals surface area contributed by atoms with Crippen molar-refractivity contribution in [1.29, 1.82) is 0 Å². The number of amides is 3. The van der Waals surface area contributed by atoms with Gasteiger partial charge in [-0.15, -0.1) is 0 Å². The largest absolute Gasteiger partial charge is 0.484 e. The van der Waals surface area contributed by atoms with Gasteiger partial charge in [0.2, 0.25) is 11.8 Å². The molecule has 0 radical (unpaired) electrons. The van der Waals surface area contributed by atoms with E-state index >= 15 is 0 Å². The first kappa shape index (κ1) is 20.6. The summed E-state index contributed by atoms with van der Waals surface area (Å²) in [7, 11) is 0. The Hall–Kier alpha value is -2.64.